The lowest BCUT2D eigenvalue weighted by atomic mass is 9.99. The van der Waals surface area contributed by atoms with Crippen molar-refractivity contribution < 1.29 is 9.47 Å². The molecule has 1 aromatic heterocycles. The zero-order chi connectivity index (χ0) is 14.5. The minimum atomic E-state index is 0.772. The van der Waals surface area contributed by atoms with Gasteiger partial charge in [0.15, 0.2) is 11.5 Å². The number of thiophene rings is 1. The molecule has 0 saturated carbocycles. The summed E-state index contributed by atoms with van der Waals surface area (Å²) in [6.07, 6.45) is 0. The fourth-order valence-electron chi connectivity index (χ4n) is 2.24. The van der Waals surface area contributed by atoms with Gasteiger partial charge in [-0.05, 0) is 53.7 Å². The second-order valence-corrected chi connectivity index (χ2v) is 5.66. The van der Waals surface area contributed by atoms with Gasteiger partial charge in [0.05, 0.1) is 14.2 Å². The second-order valence-electron chi connectivity index (χ2n) is 4.54. The minimum Gasteiger partial charge on any atom is -0.493 e. The van der Waals surface area contributed by atoms with Crippen molar-refractivity contribution in [3.05, 3.63) is 34.0 Å². The van der Waals surface area contributed by atoms with Gasteiger partial charge in [-0.15, -0.1) is 11.3 Å². The molecule has 0 aliphatic rings. The summed E-state index contributed by atoms with van der Waals surface area (Å²) < 4.78 is 10.8. The van der Waals surface area contributed by atoms with Crippen LogP contribution in [0, 0.1) is 6.92 Å². The van der Waals surface area contributed by atoms with E-state index in [2.05, 4.69) is 42.7 Å². The standard InChI is InChI=1S/C16H21NO2S/c1-5-17-10-12-8-15(18-3)16(19-4)9-14(12)13-6-7-20-11(13)2/h6-9,17H,5,10H2,1-4H3. The summed E-state index contributed by atoms with van der Waals surface area (Å²) >= 11 is 1.76. The van der Waals surface area contributed by atoms with Gasteiger partial charge in [0.25, 0.3) is 0 Å². The van der Waals surface area contributed by atoms with Crippen LogP contribution in [0.3, 0.4) is 0 Å². The number of methoxy groups -OCH3 is 2. The molecule has 0 saturated heterocycles. The molecule has 108 valence electrons. The Labute approximate surface area is 124 Å². The average Bonchev–Trinajstić information content (AvgIpc) is 2.90. The van der Waals surface area contributed by atoms with Crippen molar-refractivity contribution in [2.75, 3.05) is 20.8 Å². The molecule has 0 aliphatic carbocycles. The van der Waals surface area contributed by atoms with Gasteiger partial charge in [-0.1, -0.05) is 6.92 Å². The fraction of sp³-hybridized carbons (Fsp3) is 0.375. The Morgan fingerprint density at radius 3 is 2.35 bits per heavy atom. The summed E-state index contributed by atoms with van der Waals surface area (Å²) in [6.45, 7) is 6.02. The quantitative estimate of drug-likeness (QED) is 0.877. The molecule has 0 fully saturated rings. The van der Waals surface area contributed by atoms with Gasteiger partial charge in [-0.3, -0.25) is 0 Å². The number of benzene rings is 1. The molecule has 0 amide bonds. The number of aryl methyl sites for hydroxylation is 1. The smallest absolute Gasteiger partial charge is 0.161 e. The molecule has 3 nitrogen and oxygen atoms in total. The maximum absolute atomic E-state index is 5.43. The van der Waals surface area contributed by atoms with Crippen LogP contribution in [-0.4, -0.2) is 20.8 Å². The zero-order valence-electron chi connectivity index (χ0n) is 12.4. The Kier molecular flexibility index (Phi) is 5.04. The van der Waals surface area contributed by atoms with Gasteiger partial charge in [0.1, 0.15) is 0 Å². The van der Waals surface area contributed by atoms with Crippen molar-refractivity contribution in [2.24, 2.45) is 0 Å². The molecule has 1 heterocycles. The number of ether oxygens (including phenoxy) is 2. The first-order valence-corrected chi connectivity index (χ1v) is 7.59. The first kappa shape index (κ1) is 14.9. The maximum Gasteiger partial charge on any atom is 0.161 e. The lowest BCUT2D eigenvalue weighted by Gasteiger charge is -2.15. The molecule has 2 rings (SSSR count). The fourth-order valence-corrected chi connectivity index (χ4v) is 2.96. The Morgan fingerprint density at radius 2 is 1.80 bits per heavy atom. The molecule has 2 aromatic rings. The number of hydrogen-bond acceptors (Lipinski definition) is 4. The zero-order valence-corrected chi connectivity index (χ0v) is 13.3. The van der Waals surface area contributed by atoms with Gasteiger partial charge in [-0.2, -0.15) is 0 Å². The van der Waals surface area contributed by atoms with E-state index in [-0.39, 0.29) is 0 Å². The van der Waals surface area contributed by atoms with E-state index in [1.165, 1.54) is 21.6 Å². The Hall–Kier alpha value is -1.52. The summed E-state index contributed by atoms with van der Waals surface area (Å²) in [5, 5.41) is 5.51. The molecular weight excluding hydrogens is 270 g/mol. The van der Waals surface area contributed by atoms with Crippen LogP contribution < -0.4 is 14.8 Å². The molecule has 0 atom stereocenters. The summed E-state index contributed by atoms with van der Waals surface area (Å²) in [4.78, 5) is 1.31. The third kappa shape index (κ3) is 2.97. The molecule has 20 heavy (non-hydrogen) atoms. The number of hydrogen-bond donors (Lipinski definition) is 1. The van der Waals surface area contributed by atoms with Crippen LogP contribution in [0.5, 0.6) is 11.5 Å². The molecule has 0 aliphatic heterocycles. The molecule has 4 heteroatoms. The normalized spacial score (nSPS) is 10.6. The van der Waals surface area contributed by atoms with Crippen molar-refractivity contribution in [3.63, 3.8) is 0 Å². The number of nitrogens with one attached hydrogen (secondary N) is 1. The molecule has 0 radical (unpaired) electrons. The van der Waals surface area contributed by atoms with Crippen LogP contribution in [0.15, 0.2) is 23.6 Å². The topological polar surface area (TPSA) is 30.5 Å². The van der Waals surface area contributed by atoms with Crippen molar-refractivity contribution >= 4 is 11.3 Å². The van der Waals surface area contributed by atoms with E-state index < -0.39 is 0 Å². The van der Waals surface area contributed by atoms with E-state index in [4.69, 9.17) is 9.47 Å². The highest BCUT2D eigenvalue weighted by Gasteiger charge is 2.14. The van der Waals surface area contributed by atoms with Crippen molar-refractivity contribution in [1.29, 1.82) is 0 Å². The lowest BCUT2D eigenvalue weighted by molar-refractivity contribution is 0.354. The van der Waals surface area contributed by atoms with Crippen LogP contribution >= 0.6 is 11.3 Å². The third-order valence-electron chi connectivity index (χ3n) is 3.32. The maximum atomic E-state index is 5.43. The van der Waals surface area contributed by atoms with E-state index in [0.717, 1.165) is 24.6 Å². The molecule has 0 unspecified atom stereocenters. The Balaban J connectivity index is 2.54. The van der Waals surface area contributed by atoms with Crippen LogP contribution in [0.2, 0.25) is 0 Å². The molecular formula is C16H21NO2S. The summed E-state index contributed by atoms with van der Waals surface area (Å²) in [5.74, 6) is 1.55. The molecule has 0 spiro atoms. The van der Waals surface area contributed by atoms with Crippen molar-refractivity contribution in [2.45, 2.75) is 20.4 Å². The van der Waals surface area contributed by atoms with Crippen LogP contribution in [0.4, 0.5) is 0 Å². The highest BCUT2D eigenvalue weighted by molar-refractivity contribution is 7.10. The SMILES string of the molecule is CCNCc1cc(OC)c(OC)cc1-c1ccsc1C. The van der Waals surface area contributed by atoms with Crippen molar-refractivity contribution in [1.82, 2.24) is 5.32 Å². The highest BCUT2D eigenvalue weighted by atomic mass is 32.1. The lowest BCUT2D eigenvalue weighted by Crippen LogP contribution is -2.13. The second kappa shape index (κ2) is 6.77. The summed E-state index contributed by atoms with van der Waals surface area (Å²) in [6, 6.07) is 6.30. The summed E-state index contributed by atoms with van der Waals surface area (Å²) in [5.41, 5.74) is 3.71. The van der Waals surface area contributed by atoms with E-state index in [9.17, 15) is 0 Å². The molecule has 1 N–H and O–H groups in total. The van der Waals surface area contributed by atoms with Gasteiger partial charge in [0.2, 0.25) is 0 Å². The first-order chi connectivity index (χ1) is 9.71. The van der Waals surface area contributed by atoms with Crippen LogP contribution in [0.1, 0.15) is 17.4 Å². The minimum absolute atomic E-state index is 0.772. The Morgan fingerprint density at radius 1 is 1.10 bits per heavy atom. The van der Waals surface area contributed by atoms with Crippen LogP contribution in [-0.2, 0) is 6.54 Å². The average molecular weight is 291 g/mol. The molecule has 1 aromatic carbocycles. The van der Waals surface area contributed by atoms with E-state index >= 15 is 0 Å². The predicted octanol–water partition coefficient (Wildman–Crippen LogP) is 3.85. The highest BCUT2D eigenvalue weighted by Crippen LogP contribution is 2.38. The Bertz CT molecular complexity index is 578. The van der Waals surface area contributed by atoms with Crippen LogP contribution in [0.25, 0.3) is 11.1 Å². The van der Waals surface area contributed by atoms with E-state index in [1.807, 2.05) is 0 Å². The largest absolute Gasteiger partial charge is 0.493 e. The molecule has 0 bridgehead atoms. The first-order valence-electron chi connectivity index (χ1n) is 6.71. The van der Waals surface area contributed by atoms with Gasteiger partial charge < -0.3 is 14.8 Å². The van der Waals surface area contributed by atoms with Gasteiger partial charge >= 0.3 is 0 Å². The number of rotatable bonds is 6. The van der Waals surface area contributed by atoms with Crippen molar-refractivity contribution in [3.8, 4) is 22.6 Å². The third-order valence-corrected chi connectivity index (χ3v) is 4.17. The van der Waals surface area contributed by atoms with E-state index in [0.29, 0.717) is 0 Å². The van der Waals surface area contributed by atoms with E-state index in [1.54, 1.807) is 25.6 Å². The summed E-state index contributed by atoms with van der Waals surface area (Å²) in [7, 11) is 3.34. The van der Waals surface area contributed by atoms with Gasteiger partial charge in [0, 0.05) is 11.4 Å². The monoisotopic (exact) mass is 291 g/mol. The predicted molar refractivity (Wildman–Crippen MR) is 85.0 cm³/mol. The van der Waals surface area contributed by atoms with Gasteiger partial charge in [-0.25, -0.2) is 0 Å².